The van der Waals surface area contributed by atoms with Gasteiger partial charge in [0.25, 0.3) is 0 Å². The molecule has 0 aliphatic carbocycles. The molecule has 0 fully saturated rings. The van der Waals surface area contributed by atoms with Crippen LogP contribution < -0.4 is 5.32 Å². The molecule has 0 spiro atoms. The molecule has 0 radical (unpaired) electrons. The topological polar surface area (TPSA) is 62.5 Å². The summed E-state index contributed by atoms with van der Waals surface area (Å²) in [5, 5.41) is 12.5. The largest absolute Gasteiger partial charge is 0.463 e. The molecule has 0 saturated heterocycles. The Morgan fingerprint density at radius 2 is 2.09 bits per heavy atom. The van der Waals surface area contributed by atoms with Crippen LogP contribution >= 0.6 is 11.8 Å². The first-order valence-corrected chi connectivity index (χ1v) is 8.17. The third-order valence-corrected chi connectivity index (χ3v) is 3.99. The van der Waals surface area contributed by atoms with Gasteiger partial charge in [0, 0.05) is 11.8 Å². The molecule has 22 heavy (non-hydrogen) atoms. The van der Waals surface area contributed by atoms with Gasteiger partial charge in [0.2, 0.25) is 11.5 Å². The Hall–Kier alpha value is -1.15. The second kappa shape index (κ2) is 7.41. The van der Waals surface area contributed by atoms with Crippen molar-refractivity contribution >= 4 is 17.7 Å². The number of halogens is 3. The van der Waals surface area contributed by atoms with Crippen LogP contribution in [0.25, 0.3) is 0 Å². The van der Waals surface area contributed by atoms with Crippen molar-refractivity contribution in [1.29, 1.82) is 0 Å². The Morgan fingerprint density at radius 1 is 1.45 bits per heavy atom. The fourth-order valence-corrected chi connectivity index (χ4v) is 2.68. The molecule has 0 aliphatic rings. The zero-order valence-corrected chi connectivity index (χ0v) is 13.5. The quantitative estimate of drug-likeness (QED) is 0.802. The van der Waals surface area contributed by atoms with Gasteiger partial charge < -0.3 is 14.8 Å². The van der Waals surface area contributed by atoms with E-state index in [0.717, 1.165) is 6.07 Å². The number of alkyl halides is 3. The predicted molar refractivity (Wildman–Crippen MR) is 78.6 cm³/mol. The molecule has 1 aromatic rings. The fraction of sp³-hybridized carbons (Fsp3) is 0.643. The van der Waals surface area contributed by atoms with Crippen molar-refractivity contribution in [1.82, 2.24) is 5.32 Å². The van der Waals surface area contributed by atoms with Crippen LogP contribution in [0, 0.1) is 6.92 Å². The highest BCUT2D eigenvalue weighted by Gasteiger charge is 2.58. The molecule has 2 N–H and O–H groups in total. The van der Waals surface area contributed by atoms with E-state index in [1.54, 1.807) is 0 Å². The first-order valence-electron chi connectivity index (χ1n) is 6.78. The summed E-state index contributed by atoms with van der Waals surface area (Å²) in [4.78, 5) is 11.9. The lowest BCUT2D eigenvalue weighted by molar-refractivity contribution is -0.273. The minimum atomic E-state index is -5.02. The van der Waals surface area contributed by atoms with Crippen LogP contribution in [0.15, 0.2) is 16.5 Å². The van der Waals surface area contributed by atoms with Crippen molar-refractivity contribution < 1.29 is 27.5 Å². The third-order valence-electron chi connectivity index (χ3n) is 3.26. The highest BCUT2D eigenvalue weighted by atomic mass is 32.2. The average Bonchev–Trinajstić information content (AvgIpc) is 2.83. The molecular weight excluding hydrogens is 319 g/mol. The van der Waals surface area contributed by atoms with Gasteiger partial charge in [0.1, 0.15) is 11.5 Å². The zero-order chi connectivity index (χ0) is 17.0. The fourth-order valence-electron chi connectivity index (χ4n) is 1.96. The smallest absolute Gasteiger partial charge is 0.425 e. The number of carbonyl (C=O) groups is 1. The van der Waals surface area contributed by atoms with Crippen LogP contribution in [0.3, 0.4) is 0 Å². The molecule has 1 rings (SSSR count). The first kappa shape index (κ1) is 18.9. The minimum Gasteiger partial charge on any atom is -0.463 e. The number of hydrogen-bond acceptors (Lipinski definition) is 4. The standard InChI is InChI=1S/C14H20F3NO3S/c1-4-10(8-22-3)18-12(19)7-13(20,14(15,16)17)11-6-5-9(2)21-11/h5-6,10,20H,4,7-8H2,1-3H3,(H,18,19). The SMILES string of the molecule is CCC(CSC)NC(=O)CC(O)(c1ccc(C)o1)C(F)(F)F. The Balaban J connectivity index is 2.93. The lowest BCUT2D eigenvalue weighted by Gasteiger charge is -2.28. The van der Waals surface area contributed by atoms with Gasteiger partial charge in [-0.15, -0.1) is 0 Å². The molecule has 1 heterocycles. The van der Waals surface area contributed by atoms with Crippen LogP contribution in [-0.2, 0) is 10.4 Å². The number of hydrogen-bond donors (Lipinski definition) is 2. The Morgan fingerprint density at radius 3 is 2.50 bits per heavy atom. The lowest BCUT2D eigenvalue weighted by atomic mass is 9.95. The highest BCUT2D eigenvalue weighted by Crippen LogP contribution is 2.42. The molecule has 8 heteroatoms. The van der Waals surface area contributed by atoms with Crippen LogP contribution in [0.5, 0.6) is 0 Å². The van der Waals surface area contributed by atoms with Crippen LogP contribution in [-0.4, -0.2) is 35.2 Å². The molecule has 0 aliphatic heterocycles. The van der Waals surface area contributed by atoms with E-state index in [1.165, 1.54) is 24.8 Å². The summed E-state index contributed by atoms with van der Waals surface area (Å²) < 4.78 is 44.6. The molecule has 126 valence electrons. The van der Waals surface area contributed by atoms with Crippen LogP contribution in [0.1, 0.15) is 31.3 Å². The molecule has 2 atom stereocenters. The van der Waals surface area contributed by atoms with E-state index >= 15 is 0 Å². The maximum atomic E-state index is 13.2. The molecule has 0 saturated carbocycles. The maximum Gasteiger partial charge on any atom is 0.425 e. The molecule has 2 unspecified atom stereocenters. The number of aliphatic hydroxyl groups is 1. The van der Waals surface area contributed by atoms with Crippen LogP contribution in [0.4, 0.5) is 13.2 Å². The number of aryl methyl sites for hydroxylation is 1. The zero-order valence-electron chi connectivity index (χ0n) is 12.7. The molecule has 0 bridgehead atoms. The first-order chi connectivity index (χ1) is 10.1. The van der Waals surface area contributed by atoms with Gasteiger partial charge in [0.05, 0.1) is 6.42 Å². The van der Waals surface area contributed by atoms with E-state index in [-0.39, 0.29) is 11.8 Å². The van der Waals surface area contributed by atoms with E-state index in [2.05, 4.69) is 5.32 Å². The van der Waals surface area contributed by atoms with E-state index in [9.17, 15) is 23.1 Å². The number of nitrogens with one attached hydrogen (secondary N) is 1. The number of amides is 1. The normalized spacial score (nSPS) is 16.1. The summed E-state index contributed by atoms with van der Waals surface area (Å²) >= 11 is 1.48. The monoisotopic (exact) mass is 339 g/mol. The Labute approximate surface area is 131 Å². The lowest BCUT2D eigenvalue weighted by Crippen LogP contribution is -2.47. The Kier molecular flexibility index (Phi) is 6.37. The predicted octanol–water partition coefficient (Wildman–Crippen LogP) is 2.99. The summed E-state index contributed by atoms with van der Waals surface area (Å²) in [6, 6.07) is 2.11. The van der Waals surface area contributed by atoms with Crippen molar-refractivity contribution in [3.8, 4) is 0 Å². The average molecular weight is 339 g/mol. The van der Waals surface area contributed by atoms with E-state index in [0.29, 0.717) is 12.2 Å². The Bertz CT molecular complexity index is 504. The number of carbonyl (C=O) groups excluding carboxylic acids is 1. The second-order valence-corrected chi connectivity index (χ2v) is 5.98. The van der Waals surface area contributed by atoms with Crippen molar-refractivity contribution in [2.24, 2.45) is 0 Å². The van der Waals surface area contributed by atoms with E-state index in [4.69, 9.17) is 4.42 Å². The van der Waals surface area contributed by atoms with Gasteiger partial charge in [-0.25, -0.2) is 0 Å². The molecule has 0 aromatic carbocycles. The van der Waals surface area contributed by atoms with Gasteiger partial charge in [-0.05, 0) is 31.7 Å². The summed E-state index contributed by atoms with van der Waals surface area (Å²) in [5.41, 5.74) is -3.33. The molecule has 1 aromatic heterocycles. The summed E-state index contributed by atoms with van der Waals surface area (Å²) in [7, 11) is 0. The van der Waals surface area contributed by atoms with E-state index in [1.807, 2.05) is 13.2 Å². The van der Waals surface area contributed by atoms with Gasteiger partial charge in [-0.1, -0.05) is 6.92 Å². The maximum absolute atomic E-state index is 13.2. The summed E-state index contributed by atoms with van der Waals surface area (Å²) in [5.74, 6) is -0.723. The summed E-state index contributed by atoms with van der Waals surface area (Å²) in [6.07, 6.45) is -3.71. The summed E-state index contributed by atoms with van der Waals surface area (Å²) in [6.45, 7) is 3.29. The number of rotatable bonds is 7. The van der Waals surface area contributed by atoms with Gasteiger partial charge in [-0.2, -0.15) is 24.9 Å². The van der Waals surface area contributed by atoms with Crippen molar-refractivity contribution in [2.75, 3.05) is 12.0 Å². The van der Waals surface area contributed by atoms with Gasteiger partial charge >= 0.3 is 6.18 Å². The number of furan rings is 1. The van der Waals surface area contributed by atoms with E-state index < -0.39 is 29.9 Å². The van der Waals surface area contributed by atoms with Gasteiger partial charge in [-0.3, -0.25) is 4.79 Å². The third kappa shape index (κ3) is 4.42. The molecule has 4 nitrogen and oxygen atoms in total. The van der Waals surface area contributed by atoms with Gasteiger partial charge in [0.15, 0.2) is 0 Å². The van der Waals surface area contributed by atoms with Crippen LogP contribution in [0.2, 0.25) is 0 Å². The van der Waals surface area contributed by atoms with Crippen molar-refractivity contribution in [3.63, 3.8) is 0 Å². The van der Waals surface area contributed by atoms with Crippen molar-refractivity contribution in [2.45, 2.75) is 44.5 Å². The van der Waals surface area contributed by atoms with Crippen molar-refractivity contribution in [3.05, 3.63) is 23.7 Å². The minimum absolute atomic E-state index is 0.229. The number of thioether (sulfide) groups is 1. The highest BCUT2D eigenvalue weighted by molar-refractivity contribution is 7.98. The molecule has 1 amide bonds. The second-order valence-electron chi connectivity index (χ2n) is 5.07. The molecular formula is C14H20F3NO3S.